The minimum atomic E-state index is -0.567. The van der Waals surface area contributed by atoms with Crippen molar-refractivity contribution in [2.24, 2.45) is 5.92 Å². The minimum Gasteiger partial charge on any atom is -0.379 e. The van der Waals surface area contributed by atoms with E-state index in [1.165, 1.54) is 30.3 Å². The largest absolute Gasteiger partial charge is 0.379 e. The van der Waals surface area contributed by atoms with Crippen LogP contribution < -0.4 is 10.2 Å². The van der Waals surface area contributed by atoms with Crippen molar-refractivity contribution < 1.29 is 18.9 Å². The van der Waals surface area contributed by atoms with Gasteiger partial charge in [-0.25, -0.2) is 4.39 Å². The van der Waals surface area contributed by atoms with Crippen LogP contribution in [-0.4, -0.2) is 23.3 Å². The van der Waals surface area contributed by atoms with Crippen LogP contribution in [0.1, 0.15) is 18.9 Å². The number of benzene rings is 2. The van der Waals surface area contributed by atoms with Crippen molar-refractivity contribution in [1.29, 1.82) is 0 Å². The van der Waals surface area contributed by atoms with E-state index < -0.39 is 10.8 Å². The van der Waals surface area contributed by atoms with Gasteiger partial charge in [-0.3, -0.25) is 24.6 Å². The monoisotopic (exact) mass is 371 g/mol. The van der Waals surface area contributed by atoms with Crippen molar-refractivity contribution in [3.63, 3.8) is 0 Å². The number of hydrogen-bond acceptors (Lipinski definition) is 5. The van der Waals surface area contributed by atoms with Gasteiger partial charge in [0.05, 0.1) is 10.6 Å². The zero-order valence-electron chi connectivity index (χ0n) is 14.6. The summed E-state index contributed by atoms with van der Waals surface area (Å²) in [7, 11) is 0. The third kappa shape index (κ3) is 3.94. The number of imide groups is 1. The number of amides is 2. The van der Waals surface area contributed by atoms with Crippen molar-refractivity contribution >= 4 is 28.9 Å². The van der Waals surface area contributed by atoms with Gasteiger partial charge in [0.15, 0.2) is 0 Å². The molecule has 2 aromatic carbocycles. The summed E-state index contributed by atoms with van der Waals surface area (Å²) in [4.78, 5) is 36.0. The van der Waals surface area contributed by atoms with Gasteiger partial charge >= 0.3 is 0 Å². The van der Waals surface area contributed by atoms with Crippen molar-refractivity contribution in [3.8, 4) is 0 Å². The Kier molecular flexibility index (Phi) is 5.16. The summed E-state index contributed by atoms with van der Waals surface area (Å²) in [6.07, 6.45) is 0.581. The highest BCUT2D eigenvalue weighted by molar-refractivity contribution is 6.21. The average Bonchev–Trinajstić information content (AvgIpc) is 2.87. The molecule has 0 aliphatic carbocycles. The molecule has 1 aliphatic heterocycles. The first-order valence-electron chi connectivity index (χ1n) is 8.50. The molecule has 0 aromatic heterocycles. The summed E-state index contributed by atoms with van der Waals surface area (Å²) in [6, 6.07) is 10.3. The molecule has 0 saturated carbocycles. The third-order valence-corrected chi connectivity index (χ3v) is 4.43. The smallest absolute Gasteiger partial charge is 0.294 e. The van der Waals surface area contributed by atoms with Crippen LogP contribution in [0.5, 0.6) is 0 Å². The Bertz CT molecular complexity index is 916. The lowest BCUT2D eigenvalue weighted by Crippen LogP contribution is -2.30. The Hall–Kier alpha value is -3.29. The van der Waals surface area contributed by atoms with Gasteiger partial charge in [0.1, 0.15) is 11.5 Å². The maximum atomic E-state index is 13.2. The van der Waals surface area contributed by atoms with Crippen LogP contribution >= 0.6 is 0 Å². The van der Waals surface area contributed by atoms with Gasteiger partial charge in [-0.05, 0) is 36.2 Å². The summed E-state index contributed by atoms with van der Waals surface area (Å²) in [6.45, 7) is 2.01. The van der Waals surface area contributed by atoms with Crippen molar-refractivity contribution in [1.82, 2.24) is 0 Å². The molecule has 1 heterocycles. The second kappa shape index (κ2) is 7.53. The lowest BCUT2D eigenvalue weighted by molar-refractivity contribution is -0.383. The van der Waals surface area contributed by atoms with Crippen molar-refractivity contribution in [2.45, 2.75) is 19.8 Å². The summed E-state index contributed by atoms with van der Waals surface area (Å²) in [5.41, 5.74) is 1.000. The second-order valence-corrected chi connectivity index (χ2v) is 6.44. The molecule has 140 valence electrons. The van der Waals surface area contributed by atoms with Gasteiger partial charge < -0.3 is 5.32 Å². The number of nitro benzene ring substituents is 1. The van der Waals surface area contributed by atoms with E-state index in [1.807, 2.05) is 0 Å². The van der Waals surface area contributed by atoms with Gasteiger partial charge in [-0.15, -0.1) is 0 Å². The zero-order chi connectivity index (χ0) is 19.6. The first-order valence-corrected chi connectivity index (χ1v) is 8.50. The van der Waals surface area contributed by atoms with Crippen LogP contribution in [0.3, 0.4) is 0 Å². The SMILES string of the molecule is C[C@@H]1CC(=O)N(c2ccc(NCCc3cccc(F)c3)c([N+](=O)[O-])c2)C1=O. The predicted octanol–water partition coefficient (Wildman–Crippen LogP) is 3.29. The Morgan fingerprint density at radius 1 is 1.26 bits per heavy atom. The molecule has 7 nitrogen and oxygen atoms in total. The fourth-order valence-electron chi connectivity index (χ4n) is 3.05. The molecule has 0 radical (unpaired) electrons. The standard InChI is InChI=1S/C19H18FN3O4/c1-12-9-18(24)22(19(12)25)15-5-6-16(17(11-15)23(26)27)21-8-7-13-3-2-4-14(20)10-13/h2-6,10-12,21H,7-9H2,1H3/t12-/m1/s1. The fraction of sp³-hybridized carbons (Fsp3) is 0.263. The van der Waals surface area contributed by atoms with E-state index in [0.717, 1.165) is 10.5 Å². The number of nitrogens with one attached hydrogen (secondary N) is 1. The van der Waals surface area contributed by atoms with E-state index in [-0.39, 0.29) is 41.1 Å². The molecule has 2 amide bonds. The second-order valence-electron chi connectivity index (χ2n) is 6.44. The van der Waals surface area contributed by atoms with Crippen LogP contribution in [-0.2, 0) is 16.0 Å². The molecular weight excluding hydrogens is 353 g/mol. The van der Waals surface area contributed by atoms with Gasteiger partial charge in [0.25, 0.3) is 5.69 Å². The van der Waals surface area contributed by atoms with Crippen LogP contribution in [0, 0.1) is 21.8 Å². The number of carbonyl (C=O) groups is 2. The minimum absolute atomic E-state index is 0.0975. The third-order valence-electron chi connectivity index (χ3n) is 4.43. The highest BCUT2D eigenvalue weighted by Crippen LogP contribution is 2.33. The number of nitrogens with zero attached hydrogens (tertiary/aromatic N) is 2. The maximum Gasteiger partial charge on any atom is 0.294 e. The average molecular weight is 371 g/mol. The lowest BCUT2D eigenvalue weighted by Gasteiger charge is -2.15. The van der Waals surface area contributed by atoms with E-state index in [2.05, 4.69) is 5.32 Å². The molecule has 0 bridgehead atoms. The Balaban J connectivity index is 1.77. The fourth-order valence-corrected chi connectivity index (χ4v) is 3.05. The maximum absolute atomic E-state index is 13.2. The van der Waals surface area contributed by atoms with Gasteiger partial charge in [-0.1, -0.05) is 19.1 Å². The normalized spacial score (nSPS) is 16.7. The molecule has 8 heteroatoms. The first kappa shape index (κ1) is 18.5. The quantitative estimate of drug-likeness (QED) is 0.478. The highest BCUT2D eigenvalue weighted by atomic mass is 19.1. The number of hydrogen-bond donors (Lipinski definition) is 1. The number of halogens is 1. The summed E-state index contributed by atoms with van der Waals surface area (Å²) < 4.78 is 13.2. The van der Waals surface area contributed by atoms with Crippen LogP contribution in [0.4, 0.5) is 21.5 Å². The van der Waals surface area contributed by atoms with Crippen LogP contribution in [0.25, 0.3) is 0 Å². The Labute approximate surface area is 154 Å². The summed E-state index contributed by atoms with van der Waals surface area (Å²) in [5.74, 6) is -1.49. The van der Waals surface area contributed by atoms with Gasteiger partial charge in [-0.2, -0.15) is 0 Å². The molecule has 3 rings (SSSR count). The van der Waals surface area contributed by atoms with Crippen LogP contribution in [0.15, 0.2) is 42.5 Å². The lowest BCUT2D eigenvalue weighted by atomic mass is 10.1. The highest BCUT2D eigenvalue weighted by Gasteiger charge is 2.37. The molecule has 2 aromatic rings. The summed E-state index contributed by atoms with van der Waals surface area (Å²) >= 11 is 0. The van der Waals surface area contributed by atoms with E-state index >= 15 is 0 Å². The Morgan fingerprint density at radius 2 is 2.04 bits per heavy atom. The molecule has 1 N–H and O–H groups in total. The number of carbonyl (C=O) groups excluding carboxylic acids is 2. The molecule has 0 spiro atoms. The van der Waals surface area contributed by atoms with E-state index in [1.54, 1.807) is 19.1 Å². The zero-order valence-corrected chi connectivity index (χ0v) is 14.6. The number of nitro groups is 1. The van der Waals surface area contributed by atoms with Crippen LogP contribution in [0.2, 0.25) is 0 Å². The summed E-state index contributed by atoms with van der Waals surface area (Å²) in [5, 5.41) is 14.4. The van der Waals surface area contributed by atoms with Crippen molar-refractivity contribution in [2.75, 3.05) is 16.8 Å². The van der Waals surface area contributed by atoms with E-state index in [4.69, 9.17) is 0 Å². The van der Waals surface area contributed by atoms with E-state index in [0.29, 0.717) is 13.0 Å². The number of anilines is 2. The topological polar surface area (TPSA) is 92.6 Å². The molecule has 1 atom stereocenters. The predicted molar refractivity (Wildman–Crippen MR) is 98.0 cm³/mol. The Morgan fingerprint density at radius 3 is 2.67 bits per heavy atom. The van der Waals surface area contributed by atoms with E-state index in [9.17, 15) is 24.1 Å². The molecule has 1 fully saturated rings. The van der Waals surface area contributed by atoms with Gasteiger partial charge in [0.2, 0.25) is 11.8 Å². The molecular formula is C19H18FN3O4. The van der Waals surface area contributed by atoms with Crippen molar-refractivity contribution in [3.05, 3.63) is 64.0 Å². The molecule has 1 saturated heterocycles. The number of rotatable bonds is 6. The molecule has 27 heavy (non-hydrogen) atoms. The van der Waals surface area contributed by atoms with Gasteiger partial charge in [0, 0.05) is 24.9 Å². The molecule has 0 unspecified atom stereocenters. The first-order chi connectivity index (χ1) is 12.9. The molecule has 1 aliphatic rings.